The summed E-state index contributed by atoms with van der Waals surface area (Å²) in [6, 6.07) is 15.5. The molecule has 0 aromatic heterocycles. The molecule has 0 bridgehead atoms. The molecule has 7 nitrogen and oxygen atoms in total. The molecule has 7 heteroatoms. The number of benzene rings is 2. The van der Waals surface area contributed by atoms with Gasteiger partial charge in [-0.15, -0.1) is 0 Å². The van der Waals surface area contributed by atoms with Crippen LogP contribution < -0.4 is 10.6 Å². The molecule has 172 valence electrons. The van der Waals surface area contributed by atoms with Crippen LogP contribution >= 0.6 is 0 Å². The number of ether oxygens (including phenoxy) is 1. The van der Waals surface area contributed by atoms with Crippen molar-refractivity contribution < 1.29 is 24.2 Å². The molecule has 0 saturated heterocycles. The Hall–Kier alpha value is -3.61. The summed E-state index contributed by atoms with van der Waals surface area (Å²) >= 11 is 0. The van der Waals surface area contributed by atoms with Gasteiger partial charge in [0.15, 0.2) is 0 Å². The van der Waals surface area contributed by atoms with Crippen LogP contribution in [0, 0.1) is 5.92 Å². The van der Waals surface area contributed by atoms with Crippen LogP contribution in [0.25, 0.3) is 11.1 Å². The zero-order valence-electron chi connectivity index (χ0n) is 18.5. The first kappa shape index (κ1) is 22.6. The van der Waals surface area contributed by atoms with Crippen molar-refractivity contribution in [2.75, 3.05) is 6.61 Å². The quantitative estimate of drug-likeness (QED) is 0.558. The van der Waals surface area contributed by atoms with Crippen molar-refractivity contribution in [3.05, 3.63) is 71.8 Å². The number of carboxylic acids is 1. The molecule has 2 aliphatic rings. The predicted octanol–water partition coefficient (Wildman–Crippen LogP) is 3.84. The monoisotopic (exact) mass is 448 g/mol. The number of fused-ring (bicyclic) bond motifs is 3. The molecule has 0 heterocycles. The number of alkyl carbamates (subject to hydrolysis) is 1. The van der Waals surface area contributed by atoms with Crippen LogP contribution in [-0.2, 0) is 14.3 Å². The Morgan fingerprint density at radius 1 is 1.06 bits per heavy atom. The average Bonchev–Trinajstić information content (AvgIpc) is 3.11. The molecule has 2 aromatic rings. The molecule has 0 spiro atoms. The number of rotatable bonds is 7. The van der Waals surface area contributed by atoms with Gasteiger partial charge in [0, 0.05) is 24.4 Å². The lowest BCUT2D eigenvalue weighted by Gasteiger charge is -2.23. The molecular formula is C26H28N2O5. The van der Waals surface area contributed by atoms with Gasteiger partial charge in [-0.05, 0) is 42.0 Å². The van der Waals surface area contributed by atoms with E-state index in [1.165, 1.54) is 0 Å². The van der Waals surface area contributed by atoms with Gasteiger partial charge in [-0.25, -0.2) is 4.79 Å². The fraction of sp³-hybridized carbons (Fsp3) is 0.346. The van der Waals surface area contributed by atoms with Gasteiger partial charge in [0.25, 0.3) is 0 Å². The van der Waals surface area contributed by atoms with Crippen LogP contribution in [0.4, 0.5) is 4.79 Å². The number of carbonyl (C=O) groups excluding carboxylic acids is 2. The lowest BCUT2D eigenvalue weighted by Crippen LogP contribution is -2.42. The van der Waals surface area contributed by atoms with Gasteiger partial charge in [0.2, 0.25) is 5.91 Å². The number of carboxylic acid groups (broad SMARTS) is 1. The molecule has 0 radical (unpaired) electrons. The number of amides is 2. The molecule has 2 aromatic carbocycles. The Balaban J connectivity index is 1.26. The maximum Gasteiger partial charge on any atom is 0.407 e. The molecule has 4 rings (SSSR count). The second kappa shape index (κ2) is 9.90. The standard InChI is InChI=1S/C26H28N2O5/c1-16(13-24(29)28-18-8-6-7-17(14-18)25(30)31)27-26(32)33-15-23-21-11-4-2-9-19(21)20-10-3-5-12-22(20)23/h2-6,8-12,16-18,23H,7,13-15H2,1H3,(H,27,32)(H,28,29)(H,30,31)/t16?,17-,18-/m1/s1. The number of allylic oxidation sites excluding steroid dienone is 1. The first-order valence-electron chi connectivity index (χ1n) is 11.2. The van der Waals surface area contributed by atoms with E-state index in [-0.39, 0.29) is 30.9 Å². The first-order valence-corrected chi connectivity index (χ1v) is 11.2. The maximum atomic E-state index is 12.4. The van der Waals surface area contributed by atoms with Crippen molar-refractivity contribution in [3.8, 4) is 11.1 Å². The lowest BCUT2D eigenvalue weighted by atomic mass is 9.91. The summed E-state index contributed by atoms with van der Waals surface area (Å²) in [6.45, 7) is 1.94. The highest BCUT2D eigenvalue weighted by molar-refractivity contribution is 5.80. The predicted molar refractivity (Wildman–Crippen MR) is 124 cm³/mol. The van der Waals surface area contributed by atoms with Gasteiger partial charge >= 0.3 is 12.1 Å². The Kier molecular flexibility index (Phi) is 6.77. The summed E-state index contributed by atoms with van der Waals surface area (Å²) in [7, 11) is 0. The van der Waals surface area contributed by atoms with Crippen molar-refractivity contribution in [3.63, 3.8) is 0 Å². The molecule has 0 saturated carbocycles. The van der Waals surface area contributed by atoms with E-state index in [0.29, 0.717) is 12.8 Å². The summed E-state index contributed by atoms with van der Waals surface area (Å²) in [6.07, 6.45) is 3.95. The molecule has 2 aliphatic carbocycles. The topological polar surface area (TPSA) is 105 Å². The molecule has 3 N–H and O–H groups in total. The third-order valence-electron chi connectivity index (χ3n) is 6.22. The summed E-state index contributed by atoms with van der Waals surface area (Å²) in [5.41, 5.74) is 4.60. The van der Waals surface area contributed by atoms with Gasteiger partial charge in [-0.1, -0.05) is 60.7 Å². The van der Waals surface area contributed by atoms with Crippen LogP contribution in [0.3, 0.4) is 0 Å². The number of hydrogen-bond donors (Lipinski definition) is 3. The third-order valence-corrected chi connectivity index (χ3v) is 6.22. The number of hydrogen-bond acceptors (Lipinski definition) is 4. The summed E-state index contributed by atoms with van der Waals surface area (Å²) in [5.74, 6) is -1.62. The zero-order chi connectivity index (χ0) is 23.4. The number of nitrogens with one attached hydrogen (secondary N) is 2. The van der Waals surface area contributed by atoms with Gasteiger partial charge in [-0.2, -0.15) is 0 Å². The summed E-state index contributed by atoms with van der Waals surface area (Å²) in [5, 5.41) is 14.7. The SMILES string of the molecule is CC(CC(=O)N[C@@H]1C=CC[C@@H](C(=O)O)C1)NC(=O)OCC1c2ccccc2-c2ccccc21. The minimum absolute atomic E-state index is 0.0259. The minimum Gasteiger partial charge on any atom is -0.481 e. The van der Waals surface area contributed by atoms with E-state index in [9.17, 15) is 14.4 Å². The fourth-order valence-electron chi connectivity index (χ4n) is 4.63. The Bertz CT molecular complexity index is 1030. The fourth-order valence-corrected chi connectivity index (χ4v) is 4.63. The van der Waals surface area contributed by atoms with Gasteiger partial charge < -0.3 is 20.5 Å². The third kappa shape index (κ3) is 5.25. The molecule has 0 fully saturated rings. The van der Waals surface area contributed by atoms with E-state index in [4.69, 9.17) is 9.84 Å². The Morgan fingerprint density at radius 3 is 2.33 bits per heavy atom. The van der Waals surface area contributed by atoms with E-state index >= 15 is 0 Å². The highest BCUT2D eigenvalue weighted by atomic mass is 16.5. The Morgan fingerprint density at radius 2 is 1.70 bits per heavy atom. The molecule has 2 amide bonds. The van der Waals surface area contributed by atoms with Gasteiger partial charge in [0.05, 0.1) is 5.92 Å². The largest absolute Gasteiger partial charge is 0.481 e. The van der Waals surface area contributed by atoms with Crippen LogP contribution in [0.2, 0.25) is 0 Å². The molecular weight excluding hydrogens is 420 g/mol. The highest BCUT2D eigenvalue weighted by Crippen LogP contribution is 2.44. The van der Waals surface area contributed by atoms with Crippen molar-refractivity contribution in [2.45, 2.75) is 44.2 Å². The van der Waals surface area contributed by atoms with Crippen LogP contribution in [-0.4, -0.2) is 41.8 Å². The average molecular weight is 449 g/mol. The summed E-state index contributed by atoms with van der Waals surface area (Å²) in [4.78, 5) is 35.9. The highest BCUT2D eigenvalue weighted by Gasteiger charge is 2.29. The van der Waals surface area contributed by atoms with E-state index < -0.39 is 24.0 Å². The van der Waals surface area contributed by atoms with Gasteiger partial charge in [0.1, 0.15) is 6.61 Å². The van der Waals surface area contributed by atoms with E-state index in [1.807, 2.05) is 30.3 Å². The Labute approximate surface area is 192 Å². The van der Waals surface area contributed by atoms with Crippen molar-refractivity contribution >= 4 is 18.0 Å². The normalized spacial score (nSPS) is 19.8. The van der Waals surface area contributed by atoms with E-state index in [0.717, 1.165) is 22.3 Å². The van der Waals surface area contributed by atoms with Crippen molar-refractivity contribution in [2.24, 2.45) is 5.92 Å². The van der Waals surface area contributed by atoms with Crippen molar-refractivity contribution in [1.82, 2.24) is 10.6 Å². The second-order valence-electron chi connectivity index (χ2n) is 8.68. The molecule has 1 unspecified atom stereocenters. The zero-order valence-corrected chi connectivity index (χ0v) is 18.5. The smallest absolute Gasteiger partial charge is 0.407 e. The molecule has 3 atom stereocenters. The van der Waals surface area contributed by atoms with E-state index in [1.54, 1.807) is 13.0 Å². The van der Waals surface area contributed by atoms with Crippen LogP contribution in [0.5, 0.6) is 0 Å². The number of aliphatic carboxylic acids is 1. The minimum atomic E-state index is -0.858. The first-order chi connectivity index (χ1) is 15.9. The van der Waals surface area contributed by atoms with E-state index in [2.05, 4.69) is 34.9 Å². The second-order valence-corrected chi connectivity index (χ2v) is 8.68. The van der Waals surface area contributed by atoms with Crippen molar-refractivity contribution in [1.29, 1.82) is 0 Å². The van der Waals surface area contributed by atoms with Crippen LogP contribution in [0.15, 0.2) is 60.7 Å². The lowest BCUT2D eigenvalue weighted by molar-refractivity contribution is -0.142. The molecule has 0 aliphatic heterocycles. The summed E-state index contributed by atoms with van der Waals surface area (Å²) < 4.78 is 5.52. The number of carbonyl (C=O) groups is 3. The maximum absolute atomic E-state index is 12.4. The van der Waals surface area contributed by atoms with Gasteiger partial charge in [-0.3, -0.25) is 9.59 Å². The van der Waals surface area contributed by atoms with Crippen LogP contribution in [0.1, 0.15) is 43.2 Å². The molecule has 33 heavy (non-hydrogen) atoms.